The van der Waals surface area contributed by atoms with Gasteiger partial charge in [0.05, 0.1) is 18.7 Å². The first-order valence-electron chi connectivity index (χ1n) is 8.10. The Morgan fingerprint density at radius 3 is 2.56 bits per heavy atom. The topological polar surface area (TPSA) is 58.6 Å². The van der Waals surface area contributed by atoms with Crippen LogP contribution in [-0.2, 0) is 4.74 Å². The zero-order valence-electron chi connectivity index (χ0n) is 13.9. The van der Waals surface area contributed by atoms with Crippen molar-refractivity contribution in [3.63, 3.8) is 0 Å². The molecule has 0 bridgehead atoms. The third-order valence-electron chi connectivity index (χ3n) is 4.34. The zero-order chi connectivity index (χ0) is 17.8. The van der Waals surface area contributed by atoms with Crippen molar-refractivity contribution >= 4 is 29.3 Å². The SMILES string of the molecule is COC(=O)c1ccc(NC(=O)N2CCC[C@@H]2c2ccccc2Cl)cc1. The minimum atomic E-state index is -0.406. The molecule has 3 rings (SSSR count). The van der Waals surface area contributed by atoms with Crippen molar-refractivity contribution < 1.29 is 14.3 Å². The van der Waals surface area contributed by atoms with Crippen molar-refractivity contribution in [1.29, 1.82) is 0 Å². The van der Waals surface area contributed by atoms with Crippen LogP contribution in [0.5, 0.6) is 0 Å². The van der Waals surface area contributed by atoms with E-state index >= 15 is 0 Å². The van der Waals surface area contributed by atoms with Gasteiger partial charge in [-0.15, -0.1) is 0 Å². The predicted octanol–water partition coefficient (Wildman–Crippen LogP) is 4.50. The number of nitrogens with one attached hydrogen (secondary N) is 1. The summed E-state index contributed by atoms with van der Waals surface area (Å²) in [6.07, 6.45) is 1.82. The second-order valence-corrected chi connectivity index (χ2v) is 6.28. The Balaban J connectivity index is 1.72. The van der Waals surface area contributed by atoms with Crippen molar-refractivity contribution in [1.82, 2.24) is 4.90 Å². The number of urea groups is 1. The lowest BCUT2D eigenvalue weighted by molar-refractivity contribution is 0.0601. The normalized spacial score (nSPS) is 16.6. The molecule has 6 heteroatoms. The van der Waals surface area contributed by atoms with Crippen LogP contribution in [0.2, 0.25) is 5.02 Å². The smallest absolute Gasteiger partial charge is 0.337 e. The number of methoxy groups -OCH3 is 1. The maximum Gasteiger partial charge on any atom is 0.337 e. The molecule has 0 aromatic heterocycles. The Morgan fingerprint density at radius 2 is 1.88 bits per heavy atom. The van der Waals surface area contributed by atoms with Crippen molar-refractivity contribution in [2.75, 3.05) is 19.0 Å². The van der Waals surface area contributed by atoms with Crippen LogP contribution in [0.4, 0.5) is 10.5 Å². The molecule has 1 aliphatic heterocycles. The summed E-state index contributed by atoms with van der Waals surface area (Å²) in [6, 6.07) is 14.0. The molecule has 1 fully saturated rings. The van der Waals surface area contributed by atoms with Gasteiger partial charge in [-0.2, -0.15) is 0 Å². The lowest BCUT2D eigenvalue weighted by atomic mass is 10.0. The fourth-order valence-electron chi connectivity index (χ4n) is 3.08. The number of nitrogens with zero attached hydrogens (tertiary/aromatic N) is 1. The largest absolute Gasteiger partial charge is 0.465 e. The summed E-state index contributed by atoms with van der Waals surface area (Å²) >= 11 is 6.29. The van der Waals surface area contributed by atoms with Gasteiger partial charge >= 0.3 is 12.0 Å². The first kappa shape index (κ1) is 17.3. The van der Waals surface area contributed by atoms with Gasteiger partial charge in [0.2, 0.25) is 0 Å². The molecule has 2 aromatic carbocycles. The number of carbonyl (C=O) groups is 2. The fraction of sp³-hybridized carbons (Fsp3) is 0.263. The molecular weight excluding hydrogens is 340 g/mol. The highest BCUT2D eigenvalue weighted by Gasteiger charge is 2.31. The van der Waals surface area contributed by atoms with Gasteiger partial charge in [0.15, 0.2) is 0 Å². The summed E-state index contributed by atoms with van der Waals surface area (Å²) in [5.74, 6) is -0.406. The van der Waals surface area contributed by atoms with E-state index in [1.165, 1.54) is 7.11 Å². The van der Waals surface area contributed by atoms with E-state index in [0.29, 0.717) is 22.8 Å². The number of halogens is 1. The van der Waals surface area contributed by atoms with E-state index in [9.17, 15) is 9.59 Å². The van der Waals surface area contributed by atoms with E-state index in [4.69, 9.17) is 11.6 Å². The average molecular weight is 359 g/mol. The number of hydrogen-bond acceptors (Lipinski definition) is 3. The number of benzene rings is 2. The molecule has 0 aliphatic carbocycles. The van der Waals surface area contributed by atoms with Gasteiger partial charge in [-0.3, -0.25) is 0 Å². The summed E-state index contributed by atoms with van der Waals surface area (Å²) in [5, 5.41) is 3.55. The monoisotopic (exact) mass is 358 g/mol. The van der Waals surface area contributed by atoms with Gasteiger partial charge in [0, 0.05) is 17.3 Å². The van der Waals surface area contributed by atoms with E-state index < -0.39 is 5.97 Å². The second kappa shape index (κ2) is 7.57. The highest BCUT2D eigenvalue weighted by Crippen LogP contribution is 2.35. The Hall–Kier alpha value is -2.53. The molecule has 0 saturated carbocycles. The van der Waals surface area contributed by atoms with Crippen molar-refractivity contribution in [2.24, 2.45) is 0 Å². The van der Waals surface area contributed by atoms with Gasteiger partial charge in [-0.1, -0.05) is 29.8 Å². The Morgan fingerprint density at radius 1 is 1.16 bits per heavy atom. The van der Waals surface area contributed by atoms with E-state index in [0.717, 1.165) is 18.4 Å². The molecule has 130 valence electrons. The van der Waals surface area contributed by atoms with Crippen LogP contribution in [0.15, 0.2) is 48.5 Å². The Bertz CT molecular complexity index is 776. The predicted molar refractivity (Wildman–Crippen MR) is 96.9 cm³/mol. The van der Waals surface area contributed by atoms with Crippen LogP contribution >= 0.6 is 11.6 Å². The molecule has 2 amide bonds. The maximum atomic E-state index is 12.7. The standard InChI is InChI=1S/C19H19ClN2O3/c1-25-18(23)13-8-10-14(11-9-13)21-19(24)22-12-4-7-17(22)15-5-2-3-6-16(15)20/h2-3,5-6,8-11,17H,4,7,12H2,1H3,(H,21,24)/t17-/m1/s1. The maximum absolute atomic E-state index is 12.7. The van der Waals surface area contributed by atoms with Crippen LogP contribution in [-0.4, -0.2) is 30.6 Å². The van der Waals surface area contributed by atoms with E-state index in [2.05, 4.69) is 10.1 Å². The molecular formula is C19H19ClN2O3. The number of amides is 2. The van der Waals surface area contributed by atoms with Gasteiger partial charge in [-0.05, 0) is 48.7 Å². The minimum Gasteiger partial charge on any atom is -0.465 e. The number of esters is 1. The Labute approximate surface area is 151 Å². The number of anilines is 1. The molecule has 1 atom stereocenters. The quantitative estimate of drug-likeness (QED) is 0.822. The summed E-state index contributed by atoms with van der Waals surface area (Å²) in [6.45, 7) is 0.683. The Kier molecular flexibility index (Phi) is 5.24. The summed E-state index contributed by atoms with van der Waals surface area (Å²) in [5.41, 5.74) is 2.04. The van der Waals surface area contributed by atoms with Crippen LogP contribution in [0.3, 0.4) is 0 Å². The highest BCUT2D eigenvalue weighted by molar-refractivity contribution is 6.31. The third kappa shape index (κ3) is 3.77. The summed E-state index contributed by atoms with van der Waals surface area (Å²) < 4.78 is 4.67. The number of rotatable bonds is 3. The molecule has 2 aromatic rings. The van der Waals surface area contributed by atoms with Crippen LogP contribution < -0.4 is 5.32 Å². The first-order valence-corrected chi connectivity index (χ1v) is 8.48. The van der Waals surface area contributed by atoms with Gasteiger partial charge < -0.3 is 15.0 Å². The fourth-order valence-corrected chi connectivity index (χ4v) is 3.34. The zero-order valence-corrected chi connectivity index (χ0v) is 14.6. The van der Waals surface area contributed by atoms with E-state index in [-0.39, 0.29) is 12.1 Å². The first-order chi connectivity index (χ1) is 12.1. The molecule has 25 heavy (non-hydrogen) atoms. The van der Waals surface area contributed by atoms with Crippen molar-refractivity contribution in [3.05, 3.63) is 64.7 Å². The van der Waals surface area contributed by atoms with Gasteiger partial charge in [0.25, 0.3) is 0 Å². The number of hydrogen-bond donors (Lipinski definition) is 1. The lowest BCUT2D eigenvalue weighted by Crippen LogP contribution is -2.34. The van der Waals surface area contributed by atoms with Crippen LogP contribution in [0.25, 0.3) is 0 Å². The summed E-state index contributed by atoms with van der Waals surface area (Å²) in [4.78, 5) is 25.9. The van der Waals surface area contributed by atoms with Crippen LogP contribution in [0, 0.1) is 0 Å². The van der Waals surface area contributed by atoms with Crippen molar-refractivity contribution in [3.8, 4) is 0 Å². The second-order valence-electron chi connectivity index (χ2n) is 5.87. The lowest BCUT2D eigenvalue weighted by Gasteiger charge is -2.26. The molecule has 0 radical (unpaired) electrons. The average Bonchev–Trinajstić information content (AvgIpc) is 3.11. The van der Waals surface area contributed by atoms with Crippen LogP contribution in [0.1, 0.15) is 34.8 Å². The molecule has 1 saturated heterocycles. The number of ether oxygens (including phenoxy) is 1. The molecule has 0 unspecified atom stereocenters. The number of likely N-dealkylation sites (tertiary alicyclic amines) is 1. The van der Waals surface area contributed by atoms with E-state index in [1.807, 2.05) is 24.3 Å². The summed E-state index contributed by atoms with van der Waals surface area (Å²) in [7, 11) is 1.33. The molecule has 1 N–H and O–H groups in total. The highest BCUT2D eigenvalue weighted by atomic mass is 35.5. The molecule has 5 nitrogen and oxygen atoms in total. The van der Waals surface area contributed by atoms with Gasteiger partial charge in [0.1, 0.15) is 0 Å². The third-order valence-corrected chi connectivity index (χ3v) is 4.68. The van der Waals surface area contributed by atoms with E-state index in [1.54, 1.807) is 29.2 Å². The van der Waals surface area contributed by atoms with Gasteiger partial charge in [-0.25, -0.2) is 9.59 Å². The molecule has 1 heterocycles. The molecule has 0 spiro atoms. The minimum absolute atomic E-state index is 0.0250. The van der Waals surface area contributed by atoms with Crippen molar-refractivity contribution in [2.45, 2.75) is 18.9 Å². The number of carbonyl (C=O) groups excluding carboxylic acids is 2. The molecule has 1 aliphatic rings.